The summed E-state index contributed by atoms with van der Waals surface area (Å²) in [7, 11) is -3.46. The molecule has 2 unspecified atom stereocenters. The Morgan fingerprint density at radius 1 is 1.43 bits per heavy atom. The predicted octanol–water partition coefficient (Wildman–Crippen LogP) is 1.45. The topological polar surface area (TPSA) is 69.6 Å². The summed E-state index contributed by atoms with van der Waals surface area (Å²) < 4.78 is 28.1. The number of fused-ring (bicyclic) bond motifs is 1. The standard InChI is InChI=1S/C14H22N2O3S2/c1-10-7-14(20-13(10)9-17)21(18,19)15-11-4-6-16-5-2-3-12(16)8-11/h7,11-12,15,17H,2-6,8-9H2,1H3. The van der Waals surface area contributed by atoms with Crippen molar-refractivity contribution in [2.75, 3.05) is 13.1 Å². The first-order valence-corrected chi connectivity index (χ1v) is 9.76. The fourth-order valence-corrected chi connectivity index (χ4v) is 6.14. The van der Waals surface area contributed by atoms with E-state index in [1.807, 2.05) is 6.92 Å². The number of nitrogens with zero attached hydrogens (tertiary/aromatic N) is 1. The first-order chi connectivity index (χ1) is 9.99. The lowest BCUT2D eigenvalue weighted by molar-refractivity contribution is 0.176. The molecule has 0 amide bonds. The van der Waals surface area contributed by atoms with Crippen LogP contribution in [-0.4, -0.2) is 43.6 Å². The maximum absolute atomic E-state index is 12.5. The van der Waals surface area contributed by atoms with Gasteiger partial charge in [0, 0.05) is 17.0 Å². The van der Waals surface area contributed by atoms with E-state index in [1.54, 1.807) is 6.07 Å². The SMILES string of the molecule is Cc1cc(S(=O)(=O)NC2CCN3CCCC3C2)sc1CO. The smallest absolute Gasteiger partial charge is 0.250 e. The molecule has 1 aromatic heterocycles. The van der Waals surface area contributed by atoms with Gasteiger partial charge in [0.2, 0.25) is 10.0 Å². The fourth-order valence-electron chi connectivity index (χ4n) is 3.39. The van der Waals surface area contributed by atoms with E-state index in [0.717, 1.165) is 47.7 Å². The molecule has 0 radical (unpaired) electrons. The maximum atomic E-state index is 12.5. The van der Waals surface area contributed by atoms with Gasteiger partial charge in [0.05, 0.1) is 6.61 Å². The highest BCUT2D eigenvalue weighted by Gasteiger charge is 2.34. The summed E-state index contributed by atoms with van der Waals surface area (Å²) in [6.07, 6.45) is 4.21. The summed E-state index contributed by atoms with van der Waals surface area (Å²) in [4.78, 5) is 3.20. The van der Waals surface area contributed by atoms with E-state index in [9.17, 15) is 13.5 Å². The van der Waals surface area contributed by atoms with Gasteiger partial charge in [-0.05, 0) is 57.3 Å². The molecule has 3 heterocycles. The average Bonchev–Trinajstić information content (AvgIpc) is 3.04. The number of aliphatic hydroxyl groups is 1. The van der Waals surface area contributed by atoms with Crippen molar-refractivity contribution in [1.82, 2.24) is 9.62 Å². The molecule has 2 fully saturated rings. The summed E-state index contributed by atoms with van der Waals surface area (Å²) in [6, 6.07) is 2.24. The van der Waals surface area contributed by atoms with Crippen LogP contribution in [0, 0.1) is 6.92 Å². The third-order valence-electron chi connectivity index (χ3n) is 4.55. The number of hydrogen-bond donors (Lipinski definition) is 2. The van der Waals surface area contributed by atoms with Crippen LogP contribution in [0.15, 0.2) is 10.3 Å². The van der Waals surface area contributed by atoms with Crippen LogP contribution < -0.4 is 4.72 Å². The van der Waals surface area contributed by atoms with Crippen molar-refractivity contribution >= 4 is 21.4 Å². The number of thiophene rings is 1. The Bertz CT molecular complexity index is 612. The van der Waals surface area contributed by atoms with Crippen LogP contribution in [0.2, 0.25) is 0 Å². The van der Waals surface area contributed by atoms with E-state index in [2.05, 4.69) is 9.62 Å². The summed E-state index contributed by atoms with van der Waals surface area (Å²) in [5.41, 5.74) is 0.841. The average molecular weight is 330 g/mol. The van der Waals surface area contributed by atoms with Gasteiger partial charge in [-0.3, -0.25) is 0 Å². The van der Waals surface area contributed by atoms with Gasteiger partial charge in [0.1, 0.15) is 4.21 Å². The van der Waals surface area contributed by atoms with Gasteiger partial charge in [-0.2, -0.15) is 0 Å². The molecular formula is C14H22N2O3S2. The summed E-state index contributed by atoms with van der Waals surface area (Å²) in [5.74, 6) is 0. The number of hydrogen-bond acceptors (Lipinski definition) is 5. The molecule has 21 heavy (non-hydrogen) atoms. The summed E-state index contributed by atoms with van der Waals surface area (Å²) >= 11 is 1.16. The Balaban J connectivity index is 1.70. The molecule has 7 heteroatoms. The molecular weight excluding hydrogens is 308 g/mol. The van der Waals surface area contributed by atoms with Crippen molar-refractivity contribution in [3.8, 4) is 0 Å². The number of aliphatic hydroxyl groups excluding tert-OH is 1. The fraction of sp³-hybridized carbons (Fsp3) is 0.714. The zero-order chi connectivity index (χ0) is 15.0. The van der Waals surface area contributed by atoms with E-state index in [4.69, 9.17) is 0 Å². The quantitative estimate of drug-likeness (QED) is 0.877. The zero-order valence-corrected chi connectivity index (χ0v) is 13.8. The normalized spacial score (nSPS) is 27.0. The molecule has 2 aliphatic heterocycles. The first kappa shape index (κ1) is 15.4. The second-order valence-electron chi connectivity index (χ2n) is 6.00. The monoisotopic (exact) mass is 330 g/mol. The van der Waals surface area contributed by atoms with E-state index in [-0.39, 0.29) is 12.6 Å². The van der Waals surface area contributed by atoms with E-state index < -0.39 is 10.0 Å². The van der Waals surface area contributed by atoms with Crippen LogP contribution in [0.4, 0.5) is 0 Å². The molecule has 2 saturated heterocycles. The summed E-state index contributed by atoms with van der Waals surface area (Å²) in [5, 5.41) is 9.21. The Morgan fingerprint density at radius 2 is 2.24 bits per heavy atom. The van der Waals surface area contributed by atoms with Gasteiger partial charge < -0.3 is 10.0 Å². The second kappa shape index (κ2) is 5.96. The minimum absolute atomic E-state index is 0.0364. The Morgan fingerprint density at radius 3 is 2.95 bits per heavy atom. The van der Waals surface area contributed by atoms with Crippen molar-refractivity contribution in [1.29, 1.82) is 0 Å². The van der Waals surface area contributed by atoms with Gasteiger partial charge in [0.15, 0.2) is 0 Å². The van der Waals surface area contributed by atoms with Gasteiger partial charge in [-0.1, -0.05) is 0 Å². The van der Waals surface area contributed by atoms with Gasteiger partial charge in [-0.25, -0.2) is 13.1 Å². The predicted molar refractivity (Wildman–Crippen MR) is 82.9 cm³/mol. The minimum Gasteiger partial charge on any atom is -0.391 e. The minimum atomic E-state index is -3.46. The number of nitrogens with one attached hydrogen (secondary N) is 1. The number of sulfonamides is 1. The maximum Gasteiger partial charge on any atom is 0.250 e. The van der Waals surface area contributed by atoms with Crippen LogP contribution in [0.5, 0.6) is 0 Å². The lowest BCUT2D eigenvalue weighted by atomic mass is 9.99. The lowest BCUT2D eigenvalue weighted by Gasteiger charge is -2.34. The van der Waals surface area contributed by atoms with E-state index in [0.29, 0.717) is 10.3 Å². The highest BCUT2D eigenvalue weighted by Crippen LogP contribution is 2.29. The highest BCUT2D eigenvalue weighted by molar-refractivity contribution is 7.91. The molecule has 1 aromatic rings. The zero-order valence-electron chi connectivity index (χ0n) is 12.2. The molecule has 0 spiro atoms. The largest absolute Gasteiger partial charge is 0.391 e. The van der Waals surface area contributed by atoms with Crippen molar-refractivity contribution < 1.29 is 13.5 Å². The van der Waals surface area contributed by atoms with Gasteiger partial charge >= 0.3 is 0 Å². The molecule has 0 bridgehead atoms. The molecule has 5 nitrogen and oxygen atoms in total. The Kier molecular flexibility index (Phi) is 4.38. The van der Waals surface area contributed by atoms with Crippen molar-refractivity contribution in [2.24, 2.45) is 0 Å². The van der Waals surface area contributed by atoms with Crippen LogP contribution in [0.1, 0.15) is 36.1 Å². The van der Waals surface area contributed by atoms with E-state index in [1.165, 1.54) is 12.8 Å². The molecule has 0 saturated carbocycles. The third-order valence-corrected chi connectivity index (χ3v) is 7.76. The molecule has 2 N–H and O–H groups in total. The van der Waals surface area contributed by atoms with Crippen molar-refractivity contribution in [3.63, 3.8) is 0 Å². The van der Waals surface area contributed by atoms with Crippen LogP contribution in [-0.2, 0) is 16.6 Å². The Labute approximate surface area is 130 Å². The first-order valence-electron chi connectivity index (χ1n) is 7.46. The summed E-state index contributed by atoms with van der Waals surface area (Å²) in [6.45, 7) is 3.88. The van der Waals surface area contributed by atoms with Gasteiger partial charge in [0.25, 0.3) is 0 Å². The third kappa shape index (κ3) is 3.17. The molecule has 118 valence electrons. The molecule has 2 aliphatic rings. The molecule has 2 atom stereocenters. The number of rotatable bonds is 4. The molecule has 3 rings (SSSR count). The van der Waals surface area contributed by atoms with Crippen molar-refractivity contribution in [3.05, 3.63) is 16.5 Å². The molecule has 0 aromatic carbocycles. The van der Waals surface area contributed by atoms with Gasteiger partial charge in [-0.15, -0.1) is 11.3 Å². The van der Waals surface area contributed by atoms with E-state index >= 15 is 0 Å². The number of aryl methyl sites for hydroxylation is 1. The molecule has 0 aliphatic carbocycles. The van der Waals surface area contributed by atoms with Crippen LogP contribution in [0.3, 0.4) is 0 Å². The number of piperidine rings is 1. The van der Waals surface area contributed by atoms with Crippen molar-refractivity contribution in [2.45, 2.75) is 55.5 Å². The Hall–Kier alpha value is -0.470. The second-order valence-corrected chi connectivity index (χ2v) is 9.08. The highest BCUT2D eigenvalue weighted by atomic mass is 32.2. The van der Waals surface area contributed by atoms with Crippen LogP contribution >= 0.6 is 11.3 Å². The van der Waals surface area contributed by atoms with Crippen LogP contribution in [0.25, 0.3) is 0 Å². The lowest BCUT2D eigenvalue weighted by Crippen LogP contribution is -2.47.